The lowest BCUT2D eigenvalue weighted by Crippen LogP contribution is -2.15. The Bertz CT molecular complexity index is 700. The predicted octanol–water partition coefficient (Wildman–Crippen LogP) is 3.46. The third-order valence-corrected chi connectivity index (χ3v) is 3.80. The summed E-state index contributed by atoms with van der Waals surface area (Å²) in [6.45, 7) is 0.762. The van der Waals surface area contributed by atoms with Gasteiger partial charge in [0.2, 0.25) is 0 Å². The Labute approximate surface area is 121 Å². The Kier molecular flexibility index (Phi) is 3.10. The molecule has 1 aliphatic heterocycles. The molecular weight excluding hydrogens is 277 g/mol. The summed E-state index contributed by atoms with van der Waals surface area (Å²) >= 11 is 6.27. The maximum Gasteiger partial charge on any atom is 0.125 e. The monoisotopic (exact) mass is 289 g/mol. The van der Waals surface area contributed by atoms with E-state index in [1.54, 1.807) is 12.1 Å². The molecule has 0 saturated heterocycles. The number of benzene rings is 2. The number of nitrogens with two attached hydrogens (primary N) is 1. The number of amidine groups is 1. The summed E-state index contributed by atoms with van der Waals surface area (Å²) in [6, 6.07) is 10.0. The standard InChI is InChI=1S/C15H13ClFN3/c16-12-7-10(15(18)19)2-4-13(12)20-6-5-9-1-3-11(17)8-14(9)20/h1-4,7-8H,5-6H2,(H3,18,19). The summed E-state index contributed by atoms with van der Waals surface area (Å²) in [5, 5.41) is 7.92. The summed E-state index contributed by atoms with van der Waals surface area (Å²) in [6.07, 6.45) is 0.862. The molecule has 0 bridgehead atoms. The minimum Gasteiger partial charge on any atom is -0.384 e. The van der Waals surface area contributed by atoms with Crippen molar-refractivity contribution in [3.05, 3.63) is 58.4 Å². The zero-order valence-electron chi connectivity index (χ0n) is 10.7. The molecule has 3 N–H and O–H groups in total. The van der Waals surface area contributed by atoms with Crippen LogP contribution < -0.4 is 10.6 Å². The van der Waals surface area contributed by atoms with Crippen LogP contribution in [0.5, 0.6) is 0 Å². The minimum atomic E-state index is -0.257. The fourth-order valence-electron chi connectivity index (χ4n) is 2.50. The van der Waals surface area contributed by atoms with E-state index in [0.717, 1.165) is 29.9 Å². The highest BCUT2D eigenvalue weighted by atomic mass is 35.5. The average Bonchev–Trinajstić information content (AvgIpc) is 2.81. The Hall–Kier alpha value is -2.07. The zero-order chi connectivity index (χ0) is 14.3. The highest BCUT2D eigenvalue weighted by Crippen LogP contribution is 2.38. The van der Waals surface area contributed by atoms with Crippen LogP contribution in [-0.2, 0) is 6.42 Å². The van der Waals surface area contributed by atoms with Crippen molar-refractivity contribution in [2.24, 2.45) is 5.73 Å². The van der Waals surface area contributed by atoms with Gasteiger partial charge in [-0.25, -0.2) is 4.39 Å². The van der Waals surface area contributed by atoms with Gasteiger partial charge >= 0.3 is 0 Å². The maximum absolute atomic E-state index is 13.4. The quantitative estimate of drug-likeness (QED) is 0.657. The van der Waals surface area contributed by atoms with E-state index < -0.39 is 0 Å². The molecule has 3 rings (SSSR count). The molecule has 20 heavy (non-hydrogen) atoms. The molecule has 5 heteroatoms. The molecule has 2 aromatic carbocycles. The molecule has 102 valence electrons. The third-order valence-electron chi connectivity index (χ3n) is 3.49. The number of anilines is 2. The van der Waals surface area contributed by atoms with Crippen molar-refractivity contribution in [1.82, 2.24) is 0 Å². The van der Waals surface area contributed by atoms with Gasteiger partial charge in [0.25, 0.3) is 0 Å². The van der Waals surface area contributed by atoms with Crippen LogP contribution in [0.3, 0.4) is 0 Å². The minimum absolute atomic E-state index is 0.0219. The molecule has 0 unspecified atom stereocenters. The van der Waals surface area contributed by atoms with E-state index in [0.29, 0.717) is 10.6 Å². The van der Waals surface area contributed by atoms with Crippen molar-refractivity contribution < 1.29 is 4.39 Å². The molecule has 3 nitrogen and oxygen atoms in total. The van der Waals surface area contributed by atoms with E-state index in [1.165, 1.54) is 12.1 Å². The molecule has 0 aliphatic carbocycles. The zero-order valence-corrected chi connectivity index (χ0v) is 11.4. The Morgan fingerprint density at radius 2 is 2.00 bits per heavy atom. The van der Waals surface area contributed by atoms with E-state index in [4.69, 9.17) is 22.7 Å². The topological polar surface area (TPSA) is 53.1 Å². The molecule has 0 fully saturated rings. The van der Waals surface area contributed by atoms with Crippen molar-refractivity contribution in [2.75, 3.05) is 11.4 Å². The number of nitrogens with one attached hydrogen (secondary N) is 1. The van der Waals surface area contributed by atoms with E-state index in [2.05, 4.69) is 0 Å². The van der Waals surface area contributed by atoms with Crippen molar-refractivity contribution in [1.29, 1.82) is 5.41 Å². The van der Waals surface area contributed by atoms with Gasteiger partial charge < -0.3 is 10.6 Å². The lowest BCUT2D eigenvalue weighted by Gasteiger charge is -2.21. The second-order valence-electron chi connectivity index (χ2n) is 4.75. The molecular formula is C15H13ClFN3. The van der Waals surface area contributed by atoms with Gasteiger partial charge in [-0.2, -0.15) is 0 Å². The van der Waals surface area contributed by atoms with Crippen LogP contribution >= 0.6 is 11.6 Å². The Morgan fingerprint density at radius 1 is 1.20 bits per heavy atom. The van der Waals surface area contributed by atoms with Crippen molar-refractivity contribution in [3.63, 3.8) is 0 Å². The van der Waals surface area contributed by atoms with E-state index >= 15 is 0 Å². The number of hydrogen-bond donors (Lipinski definition) is 2. The van der Waals surface area contributed by atoms with Gasteiger partial charge in [-0.3, -0.25) is 5.41 Å². The number of nitrogens with zero attached hydrogens (tertiary/aromatic N) is 1. The first-order chi connectivity index (χ1) is 9.56. The molecule has 2 aromatic rings. The summed E-state index contributed by atoms with van der Waals surface area (Å²) in [7, 11) is 0. The fourth-order valence-corrected chi connectivity index (χ4v) is 2.78. The van der Waals surface area contributed by atoms with Gasteiger partial charge in [-0.1, -0.05) is 17.7 Å². The lowest BCUT2D eigenvalue weighted by atomic mass is 10.1. The summed E-state index contributed by atoms with van der Waals surface area (Å²) in [5.41, 5.74) is 8.79. The number of halogens is 2. The first kappa shape index (κ1) is 12.9. The molecule has 0 spiro atoms. The van der Waals surface area contributed by atoms with Crippen LogP contribution in [0, 0.1) is 11.2 Å². The maximum atomic E-state index is 13.4. The summed E-state index contributed by atoms with van der Waals surface area (Å²) in [4.78, 5) is 1.99. The smallest absolute Gasteiger partial charge is 0.125 e. The summed E-state index contributed by atoms with van der Waals surface area (Å²) in [5.74, 6) is -0.279. The van der Waals surface area contributed by atoms with Crippen LogP contribution in [0.25, 0.3) is 0 Å². The molecule has 0 aromatic heterocycles. The van der Waals surface area contributed by atoms with Crippen LogP contribution in [0.2, 0.25) is 5.02 Å². The molecule has 1 heterocycles. The predicted molar refractivity (Wildman–Crippen MR) is 79.6 cm³/mol. The first-order valence-corrected chi connectivity index (χ1v) is 6.64. The van der Waals surface area contributed by atoms with Gasteiger partial charge in [-0.15, -0.1) is 0 Å². The highest BCUT2D eigenvalue weighted by Gasteiger charge is 2.22. The SMILES string of the molecule is N=C(N)c1ccc(N2CCc3ccc(F)cc32)c(Cl)c1. The van der Waals surface area contributed by atoms with Crippen LogP contribution in [0.15, 0.2) is 36.4 Å². The van der Waals surface area contributed by atoms with Crippen molar-refractivity contribution >= 4 is 28.8 Å². The second-order valence-corrected chi connectivity index (χ2v) is 5.16. The molecule has 1 aliphatic rings. The van der Waals surface area contributed by atoms with Crippen LogP contribution in [-0.4, -0.2) is 12.4 Å². The number of hydrogen-bond acceptors (Lipinski definition) is 2. The number of fused-ring (bicyclic) bond motifs is 1. The first-order valence-electron chi connectivity index (χ1n) is 6.26. The van der Waals surface area contributed by atoms with Crippen molar-refractivity contribution in [3.8, 4) is 0 Å². The number of nitrogen functional groups attached to an aromatic ring is 1. The van der Waals surface area contributed by atoms with Crippen molar-refractivity contribution in [2.45, 2.75) is 6.42 Å². The summed E-state index contributed by atoms with van der Waals surface area (Å²) < 4.78 is 13.4. The van der Waals surface area contributed by atoms with E-state index in [-0.39, 0.29) is 11.7 Å². The molecule has 0 amide bonds. The van der Waals surface area contributed by atoms with Gasteiger partial charge in [0.05, 0.1) is 10.7 Å². The van der Waals surface area contributed by atoms with Gasteiger partial charge in [0, 0.05) is 17.8 Å². The Morgan fingerprint density at radius 3 is 2.70 bits per heavy atom. The lowest BCUT2D eigenvalue weighted by molar-refractivity contribution is 0.628. The average molecular weight is 290 g/mol. The van der Waals surface area contributed by atoms with Crippen LogP contribution in [0.1, 0.15) is 11.1 Å². The molecule has 0 radical (unpaired) electrons. The van der Waals surface area contributed by atoms with Gasteiger partial charge in [0.15, 0.2) is 0 Å². The fraction of sp³-hybridized carbons (Fsp3) is 0.133. The van der Waals surface area contributed by atoms with E-state index in [9.17, 15) is 4.39 Å². The largest absolute Gasteiger partial charge is 0.384 e. The van der Waals surface area contributed by atoms with Crippen LogP contribution in [0.4, 0.5) is 15.8 Å². The molecule has 0 saturated carbocycles. The highest BCUT2D eigenvalue weighted by molar-refractivity contribution is 6.33. The normalized spacial score (nSPS) is 13.4. The third kappa shape index (κ3) is 2.12. The number of rotatable bonds is 2. The van der Waals surface area contributed by atoms with E-state index in [1.807, 2.05) is 17.0 Å². The second kappa shape index (κ2) is 4.80. The molecule has 0 atom stereocenters. The Balaban J connectivity index is 2.04. The van der Waals surface area contributed by atoms with Gasteiger partial charge in [-0.05, 0) is 42.3 Å². The van der Waals surface area contributed by atoms with Gasteiger partial charge in [0.1, 0.15) is 11.7 Å².